The van der Waals surface area contributed by atoms with Crippen LogP contribution in [0.25, 0.3) is 0 Å². The highest BCUT2D eigenvalue weighted by molar-refractivity contribution is 5.79. The lowest BCUT2D eigenvalue weighted by Gasteiger charge is -2.05. The van der Waals surface area contributed by atoms with Crippen LogP contribution in [0.5, 0.6) is 11.5 Å². The molecule has 86 valence electrons. The van der Waals surface area contributed by atoms with Gasteiger partial charge in [-0.25, -0.2) is 4.39 Å². The second-order valence-electron chi connectivity index (χ2n) is 3.37. The first-order valence-corrected chi connectivity index (χ1v) is 4.99. The van der Waals surface area contributed by atoms with Gasteiger partial charge in [0.15, 0.2) is 0 Å². The van der Waals surface area contributed by atoms with Gasteiger partial charge >= 0.3 is 0 Å². The number of hydrogen-bond acceptors (Lipinski definition) is 3. The van der Waals surface area contributed by atoms with Crippen molar-refractivity contribution in [2.75, 3.05) is 0 Å². The maximum atomic E-state index is 12.7. The third kappa shape index (κ3) is 3.04. The largest absolute Gasteiger partial charge is 0.457 e. The van der Waals surface area contributed by atoms with E-state index in [1.807, 2.05) is 0 Å². The zero-order chi connectivity index (χ0) is 12.1. The molecule has 0 radical (unpaired) electrons. The highest BCUT2D eigenvalue weighted by Gasteiger charge is 1.98. The average molecular weight is 231 g/mol. The summed E-state index contributed by atoms with van der Waals surface area (Å²) in [6.07, 6.45) is 1.30. The van der Waals surface area contributed by atoms with Gasteiger partial charge in [0.05, 0.1) is 6.21 Å². The summed E-state index contributed by atoms with van der Waals surface area (Å²) < 4.78 is 18.2. The topological polar surface area (TPSA) is 41.8 Å². The molecule has 0 amide bonds. The van der Waals surface area contributed by atoms with Crippen molar-refractivity contribution in [3.63, 3.8) is 0 Å². The highest BCUT2D eigenvalue weighted by Crippen LogP contribution is 2.21. The number of rotatable bonds is 3. The monoisotopic (exact) mass is 231 g/mol. The Kier molecular flexibility index (Phi) is 3.35. The molecule has 0 aromatic heterocycles. The van der Waals surface area contributed by atoms with Gasteiger partial charge in [0, 0.05) is 0 Å². The molecule has 0 bridgehead atoms. The molecule has 0 atom stereocenters. The summed E-state index contributed by atoms with van der Waals surface area (Å²) in [6.45, 7) is 0. The molecule has 0 fully saturated rings. The van der Waals surface area contributed by atoms with Crippen LogP contribution in [-0.2, 0) is 0 Å². The van der Waals surface area contributed by atoms with Gasteiger partial charge in [-0.2, -0.15) is 0 Å². The van der Waals surface area contributed by atoms with Crippen molar-refractivity contribution < 1.29 is 14.3 Å². The van der Waals surface area contributed by atoms with E-state index in [9.17, 15) is 4.39 Å². The number of benzene rings is 2. The lowest BCUT2D eigenvalue weighted by molar-refractivity contribution is 0.322. The minimum absolute atomic E-state index is 0.307. The van der Waals surface area contributed by atoms with Crippen molar-refractivity contribution in [3.05, 3.63) is 59.9 Å². The summed E-state index contributed by atoms with van der Waals surface area (Å²) in [7, 11) is 0. The number of halogens is 1. The van der Waals surface area contributed by atoms with E-state index in [0.717, 1.165) is 0 Å². The molecular weight excluding hydrogens is 221 g/mol. The predicted molar refractivity (Wildman–Crippen MR) is 62.3 cm³/mol. The van der Waals surface area contributed by atoms with Crippen LogP contribution in [0.4, 0.5) is 4.39 Å². The van der Waals surface area contributed by atoms with E-state index in [1.165, 1.54) is 18.3 Å². The predicted octanol–water partition coefficient (Wildman–Crippen LogP) is 3.43. The Morgan fingerprint density at radius 3 is 2.53 bits per heavy atom. The molecule has 0 aliphatic rings. The van der Waals surface area contributed by atoms with E-state index in [1.54, 1.807) is 36.4 Å². The Hall–Kier alpha value is -2.36. The molecule has 3 nitrogen and oxygen atoms in total. The Morgan fingerprint density at radius 1 is 1.06 bits per heavy atom. The number of hydrogen-bond donors (Lipinski definition) is 1. The minimum Gasteiger partial charge on any atom is -0.457 e. The first kappa shape index (κ1) is 11.1. The van der Waals surface area contributed by atoms with Crippen LogP contribution in [0, 0.1) is 5.82 Å². The van der Waals surface area contributed by atoms with Gasteiger partial charge < -0.3 is 9.94 Å². The van der Waals surface area contributed by atoms with Crippen molar-refractivity contribution in [2.45, 2.75) is 0 Å². The van der Waals surface area contributed by atoms with E-state index in [4.69, 9.17) is 9.94 Å². The van der Waals surface area contributed by atoms with Gasteiger partial charge in [0.1, 0.15) is 17.3 Å². The van der Waals surface area contributed by atoms with Crippen molar-refractivity contribution in [1.29, 1.82) is 0 Å². The third-order valence-corrected chi connectivity index (χ3v) is 2.11. The SMILES string of the molecule is ON=Cc1cccc(Oc2ccc(F)cc2)c1. The Balaban J connectivity index is 2.18. The number of oxime groups is 1. The lowest BCUT2D eigenvalue weighted by atomic mass is 10.2. The molecule has 2 aromatic carbocycles. The molecule has 0 heterocycles. The first-order valence-electron chi connectivity index (χ1n) is 4.99. The summed E-state index contributed by atoms with van der Waals surface area (Å²) in [5.41, 5.74) is 0.715. The molecule has 0 aliphatic carbocycles. The second-order valence-corrected chi connectivity index (χ2v) is 3.37. The van der Waals surface area contributed by atoms with Gasteiger partial charge in [-0.3, -0.25) is 0 Å². The zero-order valence-corrected chi connectivity index (χ0v) is 8.88. The molecular formula is C13H10FNO2. The van der Waals surface area contributed by atoms with Gasteiger partial charge in [-0.1, -0.05) is 17.3 Å². The maximum Gasteiger partial charge on any atom is 0.128 e. The second kappa shape index (κ2) is 5.12. The summed E-state index contributed by atoms with van der Waals surface area (Å²) in [5, 5.41) is 11.4. The van der Waals surface area contributed by atoms with Crippen LogP contribution >= 0.6 is 0 Å². The van der Waals surface area contributed by atoms with Crippen LogP contribution in [0.3, 0.4) is 0 Å². The molecule has 0 unspecified atom stereocenters. The molecule has 1 N–H and O–H groups in total. The molecule has 4 heteroatoms. The van der Waals surface area contributed by atoms with Gasteiger partial charge in [-0.15, -0.1) is 0 Å². The van der Waals surface area contributed by atoms with Crippen LogP contribution in [0.2, 0.25) is 0 Å². The van der Waals surface area contributed by atoms with Gasteiger partial charge in [0.25, 0.3) is 0 Å². The van der Waals surface area contributed by atoms with E-state index >= 15 is 0 Å². The van der Waals surface area contributed by atoms with Crippen molar-refractivity contribution in [3.8, 4) is 11.5 Å². The van der Waals surface area contributed by atoms with Gasteiger partial charge in [-0.05, 0) is 42.0 Å². The minimum atomic E-state index is -0.307. The van der Waals surface area contributed by atoms with E-state index < -0.39 is 0 Å². The van der Waals surface area contributed by atoms with Crippen LogP contribution in [-0.4, -0.2) is 11.4 Å². The number of nitrogens with zero attached hydrogens (tertiary/aromatic N) is 1. The fraction of sp³-hybridized carbons (Fsp3) is 0. The summed E-state index contributed by atoms with van der Waals surface area (Å²) in [6, 6.07) is 12.8. The summed E-state index contributed by atoms with van der Waals surface area (Å²) in [4.78, 5) is 0. The van der Waals surface area contributed by atoms with Gasteiger partial charge in [0.2, 0.25) is 0 Å². The Morgan fingerprint density at radius 2 is 1.82 bits per heavy atom. The standard InChI is InChI=1S/C13H10FNO2/c14-11-4-6-12(7-5-11)17-13-3-1-2-10(8-13)9-15-16/h1-9,16H. The fourth-order valence-corrected chi connectivity index (χ4v) is 1.36. The highest BCUT2D eigenvalue weighted by atomic mass is 19.1. The Bertz CT molecular complexity index is 523. The van der Waals surface area contributed by atoms with Crippen molar-refractivity contribution in [1.82, 2.24) is 0 Å². The molecule has 17 heavy (non-hydrogen) atoms. The number of ether oxygens (including phenoxy) is 1. The van der Waals surface area contributed by atoms with E-state index in [0.29, 0.717) is 17.1 Å². The average Bonchev–Trinajstić information content (AvgIpc) is 2.33. The van der Waals surface area contributed by atoms with E-state index in [2.05, 4.69) is 5.16 Å². The molecule has 0 saturated carbocycles. The smallest absolute Gasteiger partial charge is 0.128 e. The van der Waals surface area contributed by atoms with E-state index in [-0.39, 0.29) is 5.82 Å². The lowest BCUT2D eigenvalue weighted by Crippen LogP contribution is -1.87. The Labute approximate surface area is 97.8 Å². The van der Waals surface area contributed by atoms with Crippen LogP contribution < -0.4 is 4.74 Å². The third-order valence-electron chi connectivity index (χ3n) is 2.11. The normalized spacial score (nSPS) is 10.6. The molecule has 0 saturated heterocycles. The van der Waals surface area contributed by atoms with Crippen molar-refractivity contribution in [2.24, 2.45) is 5.16 Å². The summed E-state index contributed by atoms with van der Waals surface area (Å²) in [5.74, 6) is 0.831. The summed E-state index contributed by atoms with van der Waals surface area (Å²) >= 11 is 0. The van der Waals surface area contributed by atoms with Crippen LogP contribution in [0.1, 0.15) is 5.56 Å². The molecule has 2 rings (SSSR count). The molecule has 0 aliphatic heterocycles. The zero-order valence-electron chi connectivity index (χ0n) is 8.88. The molecule has 0 spiro atoms. The first-order chi connectivity index (χ1) is 8.28. The molecule has 2 aromatic rings. The van der Waals surface area contributed by atoms with Crippen molar-refractivity contribution >= 4 is 6.21 Å². The quantitative estimate of drug-likeness (QED) is 0.499. The fourth-order valence-electron chi connectivity index (χ4n) is 1.36. The van der Waals surface area contributed by atoms with Crippen LogP contribution in [0.15, 0.2) is 53.7 Å². The maximum absolute atomic E-state index is 12.7.